The first-order valence-electron chi connectivity index (χ1n) is 7.33. The fraction of sp³-hybridized carbons (Fsp3) is 0.929. The summed E-state index contributed by atoms with van der Waals surface area (Å²) in [7, 11) is 0. The monoisotopic (exact) mass is 254 g/mol. The lowest BCUT2D eigenvalue weighted by atomic mass is 9.76. The standard InChI is InChI=1S/C14H26N2O2/c1-3-12-10-18-9-8-16(12)13(17)14(4-2)6-5-7-15-11-14/h12,15H,3-11H2,1-2H3. The van der Waals surface area contributed by atoms with E-state index < -0.39 is 0 Å². The molecule has 0 spiro atoms. The van der Waals surface area contributed by atoms with Gasteiger partial charge in [-0.05, 0) is 32.2 Å². The van der Waals surface area contributed by atoms with E-state index in [2.05, 4.69) is 24.1 Å². The first kappa shape index (κ1) is 13.8. The number of hydrogen-bond acceptors (Lipinski definition) is 3. The van der Waals surface area contributed by atoms with Gasteiger partial charge in [-0.2, -0.15) is 0 Å². The van der Waals surface area contributed by atoms with Gasteiger partial charge in [-0.15, -0.1) is 0 Å². The van der Waals surface area contributed by atoms with Crippen LogP contribution in [0.3, 0.4) is 0 Å². The molecule has 4 nitrogen and oxygen atoms in total. The maximum Gasteiger partial charge on any atom is 0.230 e. The Labute approximate surface area is 110 Å². The van der Waals surface area contributed by atoms with E-state index in [1.54, 1.807) is 0 Å². The van der Waals surface area contributed by atoms with E-state index in [1.165, 1.54) is 0 Å². The Hall–Kier alpha value is -0.610. The van der Waals surface area contributed by atoms with Gasteiger partial charge in [-0.1, -0.05) is 13.8 Å². The number of rotatable bonds is 3. The van der Waals surface area contributed by atoms with Gasteiger partial charge in [0.05, 0.1) is 24.7 Å². The molecular formula is C14H26N2O2. The van der Waals surface area contributed by atoms with Crippen LogP contribution in [0.4, 0.5) is 0 Å². The largest absolute Gasteiger partial charge is 0.377 e. The fourth-order valence-electron chi connectivity index (χ4n) is 3.17. The summed E-state index contributed by atoms with van der Waals surface area (Å²) in [6, 6.07) is 0.275. The van der Waals surface area contributed by atoms with Crippen molar-refractivity contribution < 1.29 is 9.53 Å². The Morgan fingerprint density at radius 3 is 2.94 bits per heavy atom. The molecule has 0 aromatic heterocycles. The molecule has 0 aromatic carbocycles. The first-order valence-corrected chi connectivity index (χ1v) is 7.33. The van der Waals surface area contributed by atoms with E-state index in [0.717, 1.165) is 45.3 Å². The molecule has 0 aliphatic carbocycles. The van der Waals surface area contributed by atoms with Crippen molar-refractivity contribution in [2.24, 2.45) is 5.41 Å². The van der Waals surface area contributed by atoms with Crippen LogP contribution in [0.15, 0.2) is 0 Å². The number of carbonyl (C=O) groups is 1. The molecule has 4 heteroatoms. The maximum atomic E-state index is 12.9. The predicted octanol–water partition coefficient (Wildman–Crippen LogP) is 1.40. The van der Waals surface area contributed by atoms with Gasteiger partial charge in [0, 0.05) is 13.1 Å². The van der Waals surface area contributed by atoms with Crippen molar-refractivity contribution in [1.82, 2.24) is 10.2 Å². The zero-order valence-electron chi connectivity index (χ0n) is 11.7. The van der Waals surface area contributed by atoms with Crippen molar-refractivity contribution in [1.29, 1.82) is 0 Å². The Morgan fingerprint density at radius 1 is 1.50 bits per heavy atom. The van der Waals surface area contributed by atoms with Gasteiger partial charge in [-0.25, -0.2) is 0 Å². The first-order chi connectivity index (χ1) is 8.73. The molecular weight excluding hydrogens is 228 g/mol. The van der Waals surface area contributed by atoms with E-state index in [0.29, 0.717) is 19.1 Å². The van der Waals surface area contributed by atoms with Gasteiger partial charge in [0.15, 0.2) is 0 Å². The van der Waals surface area contributed by atoms with E-state index >= 15 is 0 Å². The zero-order chi connectivity index (χ0) is 13.0. The highest BCUT2D eigenvalue weighted by Crippen LogP contribution is 2.33. The molecule has 2 rings (SSSR count). The molecule has 2 aliphatic heterocycles. The molecule has 2 saturated heterocycles. The normalized spacial score (nSPS) is 33.4. The molecule has 1 amide bonds. The van der Waals surface area contributed by atoms with E-state index in [4.69, 9.17) is 4.74 Å². The number of nitrogens with zero attached hydrogens (tertiary/aromatic N) is 1. The second-order valence-electron chi connectivity index (χ2n) is 5.55. The summed E-state index contributed by atoms with van der Waals surface area (Å²) >= 11 is 0. The van der Waals surface area contributed by atoms with Crippen molar-refractivity contribution in [2.45, 2.75) is 45.6 Å². The van der Waals surface area contributed by atoms with Gasteiger partial charge in [0.1, 0.15) is 0 Å². The SMILES string of the molecule is CCC1COCCN1C(=O)C1(CC)CCCNC1. The lowest BCUT2D eigenvalue weighted by Crippen LogP contribution is -2.57. The number of amides is 1. The molecule has 0 aromatic rings. The highest BCUT2D eigenvalue weighted by molar-refractivity contribution is 5.83. The summed E-state index contributed by atoms with van der Waals surface area (Å²) in [4.78, 5) is 15.0. The summed E-state index contributed by atoms with van der Waals surface area (Å²) in [5.41, 5.74) is -0.164. The minimum absolute atomic E-state index is 0.164. The van der Waals surface area contributed by atoms with Gasteiger partial charge < -0.3 is 15.0 Å². The van der Waals surface area contributed by atoms with E-state index in [-0.39, 0.29) is 11.5 Å². The predicted molar refractivity (Wildman–Crippen MR) is 71.4 cm³/mol. The van der Waals surface area contributed by atoms with Crippen molar-refractivity contribution in [3.63, 3.8) is 0 Å². The Balaban J connectivity index is 2.11. The highest BCUT2D eigenvalue weighted by Gasteiger charge is 2.42. The molecule has 18 heavy (non-hydrogen) atoms. The molecule has 104 valence electrons. The van der Waals surface area contributed by atoms with Crippen LogP contribution >= 0.6 is 0 Å². The number of ether oxygens (including phenoxy) is 1. The van der Waals surface area contributed by atoms with Crippen molar-refractivity contribution >= 4 is 5.91 Å². The maximum absolute atomic E-state index is 12.9. The van der Waals surface area contributed by atoms with Gasteiger partial charge in [0.25, 0.3) is 0 Å². The molecule has 2 atom stereocenters. The van der Waals surface area contributed by atoms with Gasteiger partial charge >= 0.3 is 0 Å². The van der Waals surface area contributed by atoms with Gasteiger partial charge in [-0.3, -0.25) is 4.79 Å². The van der Waals surface area contributed by atoms with Crippen LogP contribution in [0.1, 0.15) is 39.5 Å². The Kier molecular flexibility index (Phi) is 4.62. The topological polar surface area (TPSA) is 41.6 Å². The van der Waals surface area contributed by atoms with Crippen molar-refractivity contribution in [3.8, 4) is 0 Å². The lowest BCUT2D eigenvalue weighted by Gasteiger charge is -2.44. The molecule has 0 saturated carbocycles. The van der Waals surface area contributed by atoms with Crippen LogP contribution in [-0.4, -0.2) is 49.7 Å². The van der Waals surface area contributed by atoms with Crippen LogP contribution in [0.25, 0.3) is 0 Å². The Morgan fingerprint density at radius 2 is 2.33 bits per heavy atom. The molecule has 2 fully saturated rings. The zero-order valence-corrected chi connectivity index (χ0v) is 11.7. The number of carbonyl (C=O) groups excluding carboxylic acids is 1. The van der Waals surface area contributed by atoms with Crippen LogP contribution in [0.5, 0.6) is 0 Å². The number of hydrogen-bond donors (Lipinski definition) is 1. The van der Waals surface area contributed by atoms with E-state index in [1.807, 2.05) is 0 Å². The summed E-state index contributed by atoms with van der Waals surface area (Å²) in [5.74, 6) is 0.354. The second kappa shape index (κ2) is 6.02. The van der Waals surface area contributed by atoms with Gasteiger partial charge in [0.2, 0.25) is 5.91 Å². The lowest BCUT2D eigenvalue weighted by molar-refractivity contribution is -0.152. The third kappa shape index (κ3) is 2.54. The van der Waals surface area contributed by atoms with Crippen molar-refractivity contribution in [3.05, 3.63) is 0 Å². The summed E-state index contributed by atoms with van der Waals surface area (Å²) in [6.07, 6.45) is 4.06. The number of morpholine rings is 1. The van der Waals surface area contributed by atoms with Crippen LogP contribution < -0.4 is 5.32 Å². The number of piperidine rings is 1. The minimum Gasteiger partial charge on any atom is -0.377 e. The minimum atomic E-state index is -0.164. The molecule has 0 radical (unpaired) electrons. The molecule has 2 aliphatic rings. The second-order valence-corrected chi connectivity index (χ2v) is 5.55. The molecule has 2 heterocycles. The van der Waals surface area contributed by atoms with Crippen LogP contribution in [-0.2, 0) is 9.53 Å². The summed E-state index contributed by atoms with van der Waals surface area (Å²) in [6.45, 7) is 8.33. The molecule has 1 N–H and O–H groups in total. The average molecular weight is 254 g/mol. The third-order valence-corrected chi connectivity index (χ3v) is 4.56. The molecule has 0 bridgehead atoms. The summed E-state index contributed by atoms with van der Waals surface area (Å²) in [5, 5.41) is 3.40. The third-order valence-electron chi connectivity index (χ3n) is 4.56. The average Bonchev–Trinajstić information content (AvgIpc) is 2.47. The van der Waals surface area contributed by atoms with Crippen LogP contribution in [0.2, 0.25) is 0 Å². The highest BCUT2D eigenvalue weighted by atomic mass is 16.5. The van der Waals surface area contributed by atoms with Crippen molar-refractivity contribution in [2.75, 3.05) is 32.8 Å². The quantitative estimate of drug-likeness (QED) is 0.828. The van der Waals surface area contributed by atoms with E-state index in [9.17, 15) is 4.79 Å². The summed E-state index contributed by atoms with van der Waals surface area (Å²) < 4.78 is 5.50. The fourth-order valence-corrected chi connectivity index (χ4v) is 3.17. The molecule has 2 unspecified atom stereocenters. The Bertz CT molecular complexity index is 288. The number of nitrogens with one attached hydrogen (secondary N) is 1. The van der Waals surface area contributed by atoms with Crippen LogP contribution in [0, 0.1) is 5.41 Å². The smallest absolute Gasteiger partial charge is 0.230 e.